The molecule has 1 heterocycles. The molecule has 0 saturated heterocycles. The number of H-pyrrole nitrogens is 1. The van der Waals surface area contributed by atoms with Gasteiger partial charge in [-0.15, -0.1) is 0 Å². The molecule has 3 nitrogen and oxygen atoms in total. The van der Waals surface area contributed by atoms with Gasteiger partial charge in [0, 0.05) is 16.5 Å². The van der Waals surface area contributed by atoms with Gasteiger partial charge in [0.2, 0.25) is 0 Å². The molecule has 0 unspecified atom stereocenters. The minimum atomic E-state index is -4.51. The number of aromatic nitrogens is 1. The van der Waals surface area contributed by atoms with Crippen LogP contribution in [0.1, 0.15) is 16.8 Å². The van der Waals surface area contributed by atoms with Crippen LogP contribution in [0.4, 0.5) is 13.2 Å². The summed E-state index contributed by atoms with van der Waals surface area (Å²) in [6, 6.07) is 4.93. The zero-order valence-electron chi connectivity index (χ0n) is 10.4. The van der Waals surface area contributed by atoms with Gasteiger partial charge >= 0.3 is 6.18 Å². The van der Waals surface area contributed by atoms with E-state index in [9.17, 15) is 13.2 Å². The van der Waals surface area contributed by atoms with Crippen molar-refractivity contribution >= 4 is 10.9 Å². The van der Waals surface area contributed by atoms with Crippen LogP contribution in [0.2, 0.25) is 0 Å². The molecule has 6 heteroatoms. The van der Waals surface area contributed by atoms with Gasteiger partial charge in [-0.2, -0.15) is 18.4 Å². The number of alkyl halides is 3. The molecule has 0 radical (unpaired) electrons. The summed E-state index contributed by atoms with van der Waals surface area (Å²) in [6.07, 6.45) is -4.81. The van der Waals surface area contributed by atoms with Gasteiger partial charge < -0.3 is 9.72 Å². The average molecular weight is 268 g/mol. The second kappa shape index (κ2) is 4.50. The zero-order valence-corrected chi connectivity index (χ0v) is 10.4. The van der Waals surface area contributed by atoms with E-state index >= 15 is 0 Å². The summed E-state index contributed by atoms with van der Waals surface area (Å²) in [5.74, 6) is 0.469. The van der Waals surface area contributed by atoms with Gasteiger partial charge in [0.1, 0.15) is 11.4 Å². The van der Waals surface area contributed by atoms with Crippen LogP contribution in [0, 0.1) is 18.3 Å². The number of aryl methyl sites for hydroxylation is 1. The fourth-order valence-electron chi connectivity index (χ4n) is 2.12. The van der Waals surface area contributed by atoms with Crippen LogP contribution in [0.25, 0.3) is 10.9 Å². The Morgan fingerprint density at radius 2 is 2.05 bits per heavy atom. The first kappa shape index (κ1) is 13.3. The van der Waals surface area contributed by atoms with Crippen LogP contribution in [0.3, 0.4) is 0 Å². The van der Waals surface area contributed by atoms with E-state index in [4.69, 9.17) is 10.00 Å². The van der Waals surface area contributed by atoms with E-state index in [1.165, 1.54) is 13.2 Å². The molecule has 19 heavy (non-hydrogen) atoms. The third kappa shape index (κ3) is 2.24. The van der Waals surface area contributed by atoms with E-state index in [0.29, 0.717) is 22.2 Å². The maximum absolute atomic E-state index is 13.0. The van der Waals surface area contributed by atoms with Crippen molar-refractivity contribution in [1.29, 1.82) is 5.26 Å². The number of methoxy groups -OCH3 is 1. The van der Waals surface area contributed by atoms with Gasteiger partial charge in [0.15, 0.2) is 0 Å². The first-order valence-electron chi connectivity index (χ1n) is 5.51. The Balaban J connectivity index is 2.82. The van der Waals surface area contributed by atoms with Crippen molar-refractivity contribution in [3.63, 3.8) is 0 Å². The summed E-state index contributed by atoms with van der Waals surface area (Å²) in [5, 5.41) is 9.10. The number of fused-ring (bicyclic) bond motifs is 1. The smallest absolute Gasteiger partial charge is 0.431 e. The molecule has 0 aliphatic heterocycles. The molecular weight excluding hydrogens is 257 g/mol. The van der Waals surface area contributed by atoms with Crippen LogP contribution in [-0.2, 0) is 12.6 Å². The molecule has 0 amide bonds. The Hall–Kier alpha value is -2.16. The standard InChI is InChI=1S/C13H11F3N2O/c1-7-5-8(19-2)6-10-9(3-4-17)12(13(14,15)16)18-11(7)10/h5-6,18H,3H2,1-2H3. The first-order valence-corrected chi connectivity index (χ1v) is 5.51. The molecule has 2 rings (SSSR count). The number of rotatable bonds is 2. The average Bonchev–Trinajstić information content (AvgIpc) is 2.69. The molecule has 0 aliphatic carbocycles. The summed E-state index contributed by atoms with van der Waals surface area (Å²) >= 11 is 0. The lowest BCUT2D eigenvalue weighted by Gasteiger charge is -2.05. The van der Waals surface area contributed by atoms with E-state index < -0.39 is 11.9 Å². The molecule has 2 aromatic rings. The van der Waals surface area contributed by atoms with Crippen LogP contribution >= 0.6 is 0 Å². The van der Waals surface area contributed by atoms with Gasteiger partial charge in [0.25, 0.3) is 0 Å². The monoisotopic (exact) mass is 268 g/mol. The number of aromatic amines is 1. The lowest BCUT2D eigenvalue weighted by atomic mass is 10.1. The molecule has 0 spiro atoms. The second-order valence-corrected chi connectivity index (χ2v) is 4.18. The Labute approximate surface area is 107 Å². The summed E-state index contributed by atoms with van der Waals surface area (Å²) in [4.78, 5) is 2.38. The first-order chi connectivity index (χ1) is 8.88. The van der Waals surface area contributed by atoms with Crippen molar-refractivity contribution in [2.24, 2.45) is 0 Å². The highest BCUT2D eigenvalue weighted by Crippen LogP contribution is 2.38. The van der Waals surface area contributed by atoms with Gasteiger partial charge in [-0.25, -0.2) is 0 Å². The number of hydrogen-bond donors (Lipinski definition) is 1. The van der Waals surface area contributed by atoms with E-state index in [2.05, 4.69) is 4.98 Å². The van der Waals surface area contributed by atoms with E-state index in [-0.39, 0.29) is 12.0 Å². The quantitative estimate of drug-likeness (QED) is 0.905. The highest BCUT2D eigenvalue weighted by molar-refractivity contribution is 5.89. The Kier molecular flexibility index (Phi) is 3.14. The van der Waals surface area contributed by atoms with Crippen molar-refractivity contribution in [2.75, 3.05) is 7.11 Å². The van der Waals surface area contributed by atoms with Crippen LogP contribution in [-0.4, -0.2) is 12.1 Å². The predicted molar refractivity (Wildman–Crippen MR) is 63.9 cm³/mol. The number of benzene rings is 1. The van der Waals surface area contributed by atoms with Crippen LogP contribution in [0.15, 0.2) is 12.1 Å². The SMILES string of the molecule is COc1cc(C)c2[nH]c(C(F)(F)F)c(CC#N)c2c1. The Morgan fingerprint density at radius 3 is 2.58 bits per heavy atom. The molecule has 1 aromatic heterocycles. The van der Waals surface area contributed by atoms with Crippen molar-refractivity contribution in [3.05, 3.63) is 29.0 Å². The number of nitriles is 1. The number of halogens is 3. The fourth-order valence-corrected chi connectivity index (χ4v) is 2.12. The molecule has 0 atom stereocenters. The number of hydrogen-bond acceptors (Lipinski definition) is 2. The van der Waals surface area contributed by atoms with Crippen LogP contribution < -0.4 is 4.74 Å². The van der Waals surface area contributed by atoms with Crippen molar-refractivity contribution in [1.82, 2.24) is 4.98 Å². The lowest BCUT2D eigenvalue weighted by Crippen LogP contribution is -2.08. The van der Waals surface area contributed by atoms with E-state index in [0.717, 1.165) is 0 Å². The number of nitrogens with one attached hydrogen (secondary N) is 1. The summed E-state index contributed by atoms with van der Waals surface area (Å²) < 4.78 is 43.9. The zero-order chi connectivity index (χ0) is 14.2. The summed E-state index contributed by atoms with van der Waals surface area (Å²) in [6.45, 7) is 1.69. The highest BCUT2D eigenvalue weighted by atomic mass is 19.4. The van der Waals surface area contributed by atoms with Gasteiger partial charge in [-0.3, -0.25) is 0 Å². The minimum Gasteiger partial charge on any atom is -0.497 e. The molecule has 1 N–H and O–H groups in total. The Morgan fingerprint density at radius 1 is 1.37 bits per heavy atom. The second-order valence-electron chi connectivity index (χ2n) is 4.18. The van der Waals surface area contributed by atoms with E-state index in [1.54, 1.807) is 19.1 Å². The topological polar surface area (TPSA) is 48.8 Å². The maximum atomic E-state index is 13.0. The molecule has 0 aliphatic rings. The van der Waals surface area contributed by atoms with Gasteiger partial charge in [-0.05, 0) is 24.6 Å². The normalized spacial score (nSPS) is 11.6. The molecule has 0 fully saturated rings. The molecular formula is C13H11F3N2O. The number of ether oxygens (including phenoxy) is 1. The van der Waals surface area contributed by atoms with Gasteiger partial charge in [0.05, 0.1) is 19.6 Å². The summed E-state index contributed by atoms with van der Waals surface area (Å²) in [5.41, 5.74) is 0.134. The third-order valence-electron chi connectivity index (χ3n) is 2.96. The Bertz CT molecular complexity index is 665. The third-order valence-corrected chi connectivity index (χ3v) is 2.96. The van der Waals surface area contributed by atoms with Crippen molar-refractivity contribution < 1.29 is 17.9 Å². The van der Waals surface area contributed by atoms with Crippen molar-refractivity contribution in [3.8, 4) is 11.8 Å². The van der Waals surface area contributed by atoms with Crippen molar-refractivity contribution in [2.45, 2.75) is 19.5 Å². The van der Waals surface area contributed by atoms with Gasteiger partial charge in [-0.1, -0.05) is 0 Å². The number of nitrogens with zero attached hydrogens (tertiary/aromatic N) is 1. The molecule has 100 valence electrons. The van der Waals surface area contributed by atoms with Crippen LogP contribution in [0.5, 0.6) is 5.75 Å². The molecule has 0 saturated carbocycles. The maximum Gasteiger partial charge on any atom is 0.431 e. The molecule has 0 bridgehead atoms. The lowest BCUT2D eigenvalue weighted by molar-refractivity contribution is -0.141. The molecule has 1 aromatic carbocycles. The summed E-state index contributed by atoms with van der Waals surface area (Å²) in [7, 11) is 1.45. The van der Waals surface area contributed by atoms with E-state index in [1.807, 2.05) is 0 Å². The fraction of sp³-hybridized carbons (Fsp3) is 0.308. The highest BCUT2D eigenvalue weighted by Gasteiger charge is 2.36. The predicted octanol–water partition coefficient (Wildman–Crippen LogP) is 3.57. The minimum absolute atomic E-state index is 0.0352. The largest absolute Gasteiger partial charge is 0.497 e.